The van der Waals surface area contributed by atoms with Gasteiger partial charge in [-0.05, 0) is 93.9 Å². The fourth-order valence-corrected chi connectivity index (χ4v) is 10.4. The van der Waals surface area contributed by atoms with Gasteiger partial charge in [0.05, 0.1) is 22.8 Å². The Labute approximate surface area is 353 Å². The molecule has 1 unspecified atom stereocenters. The Balaban J connectivity index is 0.952. The molecule has 1 aliphatic heterocycles. The average molecular weight is 788 g/mol. The zero-order valence-electron chi connectivity index (χ0n) is 33.5. The molecule has 3 heterocycles. The predicted molar refractivity (Wildman–Crippen MR) is 258 cm³/mol. The Kier molecular flexibility index (Phi) is 8.94. The van der Waals surface area contributed by atoms with Crippen LogP contribution in [0.5, 0.6) is 0 Å². The van der Waals surface area contributed by atoms with Crippen LogP contribution in [0.25, 0.3) is 80.7 Å². The first-order valence-electron chi connectivity index (χ1n) is 20.7. The van der Waals surface area contributed by atoms with Crippen LogP contribution in [0.3, 0.4) is 0 Å². The molecule has 60 heavy (non-hydrogen) atoms. The van der Waals surface area contributed by atoms with Crippen molar-refractivity contribution in [3.63, 3.8) is 0 Å². The molecule has 0 N–H and O–H groups in total. The molecular formula is C56H41N3S. The summed E-state index contributed by atoms with van der Waals surface area (Å²) in [6.07, 6.45) is 6.94. The molecule has 0 spiro atoms. The van der Waals surface area contributed by atoms with Crippen LogP contribution in [0, 0.1) is 0 Å². The van der Waals surface area contributed by atoms with Crippen molar-refractivity contribution < 1.29 is 0 Å². The van der Waals surface area contributed by atoms with Crippen LogP contribution in [0.2, 0.25) is 0 Å². The second-order valence-electron chi connectivity index (χ2n) is 15.6. The highest BCUT2D eigenvalue weighted by molar-refractivity contribution is 7.26. The number of aromatic nitrogens is 1. The molecule has 0 fully saturated rings. The summed E-state index contributed by atoms with van der Waals surface area (Å²) < 4.78 is 5.02. The maximum atomic E-state index is 5.37. The quantitative estimate of drug-likeness (QED) is 0.144. The van der Waals surface area contributed by atoms with Crippen LogP contribution < -0.4 is 0 Å². The molecule has 2 aromatic heterocycles. The van der Waals surface area contributed by atoms with Gasteiger partial charge in [0.1, 0.15) is 0 Å². The summed E-state index contributed by atoms with van der Waals surface area (Å²) in [6, 6.07) is 64.1. The Morgan fingerprint density at radius 2 is 1.17 bits per heavy atom. The number of fused-ring (bicyclic) bond motifs is 7. The van der Waals surface area contributed by atoms with Gasteiger partial charge in [-0.15, -0.1) is 11.3 Å². The Morgan fingerprint density at radius 1 is 0.567 bits per heavy atom. The van der Waals surface area contributed by atoms with Crippen LogP contribution in [0.15, 0.2) is 210 Å². The lowest BCUT2D eigenvalue weighted by molar-refractivity contribution is 0.760. The van der Waals surface area contributed by atoms with Gasteiger partial charge in [0.2, 0.25) is 0 Å². The Morgan fingerprint density at radius 3 is 1.90 bits per heavy atom. The number of benzene rings is 8. The standard InChI is InChI=1S/C56H41N3S/c1-3-4-14-36(2)56-57-50(39-27-25-38(26-28-39)42-20-13-21-49-48-19-9-12-24-54(48)60-55(42)49)35-51(58-56)45-34-33-41(43-15-5-6-16-44(43)45)37-29-31-40(32-30-37)59-52-22-10-7-17-46(52)47-18-8-11-23-53(47)59/h3-34,51H,35H2,1-2H3/b4-3-,36-14+. The van der Waals surface area contributed by atoms with Crippen molar-refractivity contribution in [3.8, 4) is 27.9 Å². The van der Waals surface area contributed by atoms with Crippen LogP contribution in [0.4, 0.5) is 0 Å². The van der Waals surface area contributed by atoms with Crippen molar-refractivity contribution in [2.45, 2.75) is 26.3 Å². The number of aliphatic imine (C=N–C) groups is 2. The van der Waals surface area contributed by atoms with E-state index in [1.165, 1.54) is 80.6 Å². The fourth-order valence-electron chi connectivity index (χ4n) is 9.12. The minimum absolute atomic E-state index is 0.0925. The largest absolute Gasteiger partial charge is 0.309 e. The highest BCUT2D eigenvalue weighted by Crippen LogP contribution is 2.41. The maximum Gasteiger partial charge on any atom is 0.151 e. The third-order valence-corrected chi connectivity index (χ3v) is 13.3. The summed E-state index contributed by atoms with van der Waals surface area (Å²) in [6.45, 7) is 4.15. The molecule has 1 atom stereocenters. The van der Waals surface area contributed by atoms with Crippen LogP contribution >= 0.6 is 11.3 Å². The molecular weight excluding hydrogens is 747 g/mol. The van der Waals surface area contributed by atoms with Gasteiger partial charge in [-0.3, -0.25) is 4.99 Å². The number of hydrogen-bond acceptors (Lipinski definition) is 3. The highest BCUT2D eigenvalue weighted by Gasteiger charge is 2.24. The molecule has 0 amide bonds. The third-order valence-electron chi connectivity index (χ3n) is 12.1. The summed E-state index contributed by atoms with van der Waals surface area (Å²) >= 11 is 1.87. The van der Waals surface area contributed by atoms with E-state index >= 15 is 0 Å². The van der Waals surface area contributed by atoms with E-state index in [1.54, 1.807) is 0 Å². The summed E-state index contributed by atoms with van der Waals surface area (Å²) in [5.41, 5.74) is 12.9. The molecule has 286 valence electrons. The molecule has 0 saturated carbocycles. The molecule has 8 aromatic carbocycles. The van der Waals surface area contributed by atoms with Crippen molar-refractivity contribution in [1.82, 2.24) is 4.57 Å². The van der Waals surface area contributed by atoms with Gasteiger partial charge in [0.15, 0.2) is 5.84 Å². The van der Waals surface area contributed by atoms with Gasteiger partial charge in [0, 0.05) is 43.1 Å². The van der Waals surface area contributed by atoms with E-state index in [1.807, 2.05) is 24.3 Å². The van der Waals surface area contributed by atoms with Crippen LogP contribution in [-0.4, -0.2) is 16.1 Å². The molecule has 4 heteroatoms. The van der Waals surface area contributed by atoms with Gasteiger partial charge < -0.3 is 4.57 Å². The second kappa shape index (κ2) is 14.9. The first-order chi connectivity index (χ1) is 29.6. The summed E-state index contributed by atoms with van der Waals surface area (Å²) in [4.78, 5) is 10.6. The Bertz CT molecular complexity index is 3360. The summed E-state index contributed by atoms with van der Waals surface area (Å²) in [5, 5.41) is 7.62. The van der Waals surface area contributed by atoms with Gasteiger partial charge in [0.25, 0.3) is 0 Å². The molecule has 11 rings (SSSR count). The van der Waals surface area contributed by atoms with Gasteiger partial charge in [-0.25, -0.2) is 4.99 Å². The van der Waals surface area contributed by atoms with E-state index in [0.717, 1.165) is 28.4 Å². The normalized spacial score (nSPS) is 14.8. The molecule has 0 saturated heterocycles. The number of amidine groups is 1. The summed E-state index contributed by atoms with van der Waals surface area (Å²) in [5.74, 6) is 0.785. The van der Waals surface area contributed by atoms with Gasteiger partial charge in [-0.2, -0.15) is 0 Å². The lowest BCUT2D eigenvalue weighted by Gasteiger charge is -2.23. The topological polar surface area (TPSA) is 29.6 Å². The number of thiophene rings is 1. The zero-order chi connectivity index (χ0) is 40.2. The molecule has 1 aliphatic rings. The van der Waals surface area contributed by atoms with Gasteiger partial charge >= 0.3 is 0 Å². The number of nitrogens with zero attached hydrogens (tertiary/aromatic N) is 3. The average Bonchev–Trinajstić information content (AvgIpc) is 3.86. The van der Waals surface area contributed by atoms with Crippen molar-refractivity contribution in [2.24, 2.45) is 9.98 Å². The first kappa shape index (κ1) is 36.0. The number of allylic oxidation sites excluding steroid dienone is 3. The van der Waals surface area contributed by atoms with Crippen molar-refractivity contribution in [2.75, 3.05) is 0 Å². The van der Waals surface area contributed by atoms with Crippen molar-refractivity contribution in [3.05, 3.63) is 211 Å². The Hall–Kier alpha value is -7.14. The SMILES string of the molecule is C/C=C\C=C(/C)C1=NC(c2ccc(-c3ccc(-n4c5ccccc5c5ccccc54)cc3)c3ccccc23)CC(c2ccc(-c3cccc4c3sc3ccccc34)cc2)=N1. The predicted octanol–water partition coefficient (Wildman–Crippen LogP) is 15.5. The van der Waals surface area contributed by atoms with E-state index in [2.05, 4.69) is 200 Å². The van der Waals surface area contributed by atoms with Gasteiger partial charge in [-0.1, -0.05) is 164 Å². The number of hydrogen-bond donors (Lipinski definition) is 0. The molecule has 3 nitrogen and oxygen atoms in total. The third kappa shape index (κ3) is 6.11. The smallest absolute Gasteiger partial charge is 0.151 e. The molecule has 10 aromatic rings. The number of para-hydroxylation sites is 2. The minimum Gasteiger partial charge on any atom is -0.309 e. The van der Waals surface area contributed by atoms with Crippen LogP contribution in [0.1, 0.15) is 37.4 Å². The maximum absolute atomic E-state index is 5.37. The second-order valence-corrected chi connectivity index (χ2v) is 16.7. The minimum atomic E-state index is -0.0925. The number of rotatable bonds is 7. The van der Waals surface area contributed by atoms with E-state index in [0.29, 0.717) is 6.42 Å². The monoisotopic (exact) mass is 787 g/mol. The van der Waals surface area contributed by atoms with Crippen molar-refractivity contribution >= 4 is 75.6 Å². The van der Waals surface area contributed by atoms with E-state index in [9.17, 15) is 0 Å². The fraction of sp³-hybridized carbons (Fsp3) is 0.0714. The van der Waals surface area contributed by atoms with Crippen LogP contribution in [-0.2, 0) is 0 Å². The van der Waals surface area contributed by atoms with E-state index < -0.39 is 0 Å². The zero-order valence-corrected chi connectivity index (χ0v) is 34.3. The first-order valence-corrected chi connectivity index (χ1v) is 21.5. The lowest BCUT2D eigenvalue weighted by Crippen LogP contribution is -2.17. The molecule has 0 aliphatic carbocycles. The van der Waals surface area contributed by atoms with E-state index in [4.69, 9.17) is 9.98 Å². The lowest BCUT2D eigenvalue weighted by atomic mass is 9.89. The van der Waals surface area contributed by atoms with E-state index in [-0.39, 0.29) is 6.04 Å². The molecule has 0 bridgehead atoms. The summed E-state index contributed by atoms with van der Waals surface area (Å²) in [7, 11) is 0. The molecule has 0 radical (unpaired) electrons. The van der Waals surface area contributed by atoms with Crippen molar-refractivity contribution in [1.29, 1.82) is 0 Å². The highest BCUT2D eigenvalue weighted by atomic mass is 32.1.